The molecule has 1 aliphatic rings. The maximum Gasteiger partial charge on any atom is 0.251 e. The zero-order valence-electron chi connectivity index (χ0n) is 13.9. The van der Waals surface area contributed by atoms with Crippen molar-refractivity contribution >= 4 is 23.7 Å². The molecular formula is C18H25ClN2OS. The SMILES string of the molecule is CCc1cc(-c2ccc(CN3CCCCC3)s2)c(C)[nH]c1=O.Cl. The highest BCUT2D eigenvalue weighted by molar-refractivity contribution is 7.15. The molecule has 0 spiro atoms. The van der Waals surface area contributed by atoms with Crippen molar-refractivity contribution in [1.82, 2.24) is 9.88 Å². The summed E-state index contributed by atoms with van der Waals surface area (Å²) >= 11 is 1.86. The number of likely N-dealkylation sites (tertiary alicyclic amines) is 1. The number of rotatable bonds is 4. The quantitative estimate of drug-likeness (QED) is 0.886. The first-order chi connectivity index (χ1) is 10.7. The Kier molecular flexibility index (Phi) is 6.45. The van der Waals surface area contributed by atoms with E-state index in [1.54, 1.807) is 0 Å². The van der Waals surface area contributed by atoms with Crippen LogP contribution in [0.5, 0.6) is 0 Å². The van der Waals surface area contributed by atoms with Gasteiger partial charge in [0.05, 0.1) is 0 Å². The number of nitrogens with zero attached hydrogens (tertiary/aromatic N) is 1. The molecule has 0 radical (unpaired) electrons. The summed E-state index contributed by atoms with van der Waals surface area (Å²) in [5.41, 5.74) is 3.06. The molecule has 1 fully saturated rings. The first kappa shape index (κ1) is 18.2. The number of aromatic nitrogens is 1. The number of hydrogen-bond donors (Lipinski definition) is 1. The van der Waals surface area contributed by atoms with Crippen molar-refractivity contribution in [3.8, 4) is 10.4 Å². The van der Waals surface area contributed by atoms with Gasteiger partial charge >= 0.3 is 0 Å². The average molecular weight is 353 g/mol. The zero-order valence-corrected chi connectivity index (χ0v) is 15.5. The lowest BCUT2D eigenvalue weighted by Crippen LogP contribution is -2.28. The van der Waals surface area contributed by atoms with Crippen LogP contribution < -0.4 is 5.56 Å². The van der Waals surface area contributed by atoms with Crippen LogP contribution in [0.1, 0.15) is 42.3 Å². The van der Waals surface area contributed by atoms with E-state index in [-0.39, 0.29) is 18.0 Å². The van der Waals surface area contributed by atoms with Crippen LogP contribution in [0.4, 0.5) is 0 Å². The lowest BCUT2D eigenvalue weighted by molar-refractivity contribution is 0.222. The molecule has 2 aromatic heterocycles. The lowest BCUT2D eigenvalue weighted by atomic mass is 10.1. The first-order valence-electron chi connectivity index (χ1n) is 8.21. The van der Waals surface area contributed by atoms with Crippen molar-refractivity contribution in [2.45, 2.75) is 46.1 Å². The summed E-state index contributed by atoms with van der Waals surface area (Å²) in [6, 6.07) is 6.50. The average Bonchev–Trinajstić information content (AvgIpc) is 2.97. The van der Waals surface area contributed by atoms with Crippen LogP contribution in [-0.2, 0) is 13.0 Å². The Morgan fingerprint density at radius 3 is 2.65 bits per heavy atom. The Bertz CT molecular complexity index is 701. The number of hydrogen-bond acceptors (Lipinski definition) is 3. The van der Waals surface area contributed by atoms with Gasteiger partial charge in [-0.05, 0) is 57.5 Å². The van der Waals surface area contributed by atoms with Crippen LogP contribution in [0, 0.1) is 6.92 Å². The Morgan fingerprint density at radius 1 is 1.22 bits per heavy atom. The summed E-state index contributed by atoms with van der Waals surface area (Å²) in [7, 11) is 0. The second-order valence-corrected chi connectivity index (χ2v) is 7.29. The van der Waals surface area contributed by atoms with Gasteiger partial charge in [0.25, 0.3) is 5.56 Å². The van der Waals surface area contributed by atoms with Crippen molar-refractivity contribution in [3.63, 3.8) is 0 Å². The van der Waals surface area contributed by atoms with E-state index in [0.717, 1.165) is 24.2 Å². The summed E-state index contributed by atoms with van der Waals surface area (Å²) in [5.74, 6) is 0. The van der Waals surface area contributed by atoms with E-state index < -0.39 is 0 Å². The third-order valence-corrected chi connectivity index (χ3v) is 5.55. The highest BCUT2D eigenvalue weighted by atomic mass is 35.5. The van der Waals surface area contributed by atoms with Crippen molar-refractivity contribution in [1.29, 1.82) is 0 Å². The number of pyridine rings is 1. The van der Waals surface area contributed by atoms with E-state index in [1.807, 2.05) is 25.2 Å². The number of thiophene rings is 1. The molecule has 1 N–H and O–H groups in total. The Hall–Kier alpha value is -1.10. The molecule has 3 heterocycles. The predicted octanol–water partition coefficient (Wildman–Crippen LogP) is 4.38. The molecule has 1 saturated heterocycles. The third-order valence-electron chi connectivity index (χ3n) is 4.45. The van der Waals surface area contributed by atoms with Gasteiger partial charge in [0.15, 0.2) is 0 Å². The third kappa shape index (κ3) is 4.25. The Balaban J connectivity index is 0.00000192. The van der Waals surface area contributed by atoms with Gasteiger partial charge in [0.2, 0.25) is 0 Å². The molecule has 5 heteroatoms. The van der Waals surface area contributed by atoms with Crippen LogP contribution in [0.25, 0.3) is 10.4 Å². The van der Waals surface area contributed by atoms with Gasteiger partial charge < -0.3 is 4.98 Å². The van der Waals surface area contributed by atoms with Gasteiger partial charge in [0, 0.05) is 33.1 Å². The number of aromatic amines is 1. The lowest BCUT2D eigenvalue weighted by Gasteiger charge is -2.25. The van der Waals surface area contributed by atoms with Gasteiger partial charge in [-0.2, -0.15) is 0 Å². The second-order valence-electron chi connectivity index (χ2n) is 6.12. The Morgan fingerprint density at radius 2 is 1.96 bits per heavy atom. The summed E-state index contributed by atoms with van der Waals surface area (Å²) < 4.78 is 0. The molecule has 23 heavy (non-hydrogen) atoms. The molecule has 126 valence electrons. The second kappa shape index (κ2) is 8.13. The summed E-state index contributed by atoms with van der Waals surface area (Å²) in [6.45, 7) is 7.53. The number of aryl methyl sites for hydroxylation is 2. The molecule has 0 bridgehead atoms. The van der Waals surface area contributed by atoms with Crippen LogP contribution in [0.2, 0.25) is 0 Å². The molecule has 2 aromatic rings. The molecule has 0 aliphatic carbocycles. The molecular weight excluding hydrogens is 328 g/mol. The van der Waals surface area contributed by atoms with Crippen molar-refractivity contribution < 1.29 is 0 Å². The molecule has 3 rings (SSSR count). The molecule has 3 nitrogen and oxygen atoms in total. The zero-order chi connectivity index (χ0) is 15.5. The van der Waals surface area contributed by atoms with Crippen molar-refractivity contribution in [3.05, 3.63) is 44.7 Å². The van der Waals surface area contributed by atoms with E-state index in [4.69, 9.17) is 0 Å². The van der Waals surface area contributed by atoms with E-state index in [0.29, 0.717) is 0 Å². The van der Waals surface area contributed by atoms with E-state index >= 15 is 0 Å². The minimum absolute atomic E-state index is 0. The number of piperidine rings is 1. The van der Waals surface area contributed by atoms with Crippen LogP contribution in [0.15, 0.2) is 23.0 Å². The summed E-state index contributed by atoms with van der Waals surface area (Å²) in [6.07, 6.45) is 4.81. The molecule has 0 aromatic carbocycles. The van der Waals surface area contributed by atoms with Crippen molar-refractivity contribution in [2.75, 3.05) is 13.1 Å². The van der Waals surface area contributed by atoms with E-state index in [1.165, 1.54) is 47.7 Å². The predicted molar refractivity (Wildman–Crippen MR) is 101 cm³/mol. The highest BCUT2D eigenvalue weighted by Gasteiger charge is 2.13. The van der Waals surface area contributed by atoms with Crippen LogP contribution >= 0.6 is 23.7 Å². The fourth-order valence-corrected chi connectivity index (χ4v) is 4.25. The van der Waals surface area contributed by atoms with Gasteiger partial charge in [-0.1, -0.05) is 13.3 Å². The molecule has 0 saturated carbocycles. The van der Waals surface area contributed by atoms with Crippen LogP contribution in [0.3, 0.4) is 0 Å². The summed E-state index contributed by atoms with van der Waals surface area (Å²) in [4.78, 5) is 20.1. The fourth-order valence-electron chi connectivity index (χ4n) is 3.13. The molecule has 0 atom stereocenters. The molecule has 1 aliphatic heterocycles. The fraction of sp³-hybridized carbons (Fsp3) is 0.500. The smallest absolute Gasteiger partial charge is 0.251 e. The maximum atomic E-state index is 11.9. The van der Waals surface area contributed by atoms with Gasteiger partial charge in [-0.25, -0.2) is 0 Å². The Labute approximate surface area is 148 Å². The van der Waals surface area contributed by atoms with Gasteiger partial charge in [-0.3, -0.25) is 9.69 Å². The van der Waals surface area contributed by atoms with Crippen LogP contribution in [-0.4, -0.2) is 23.0 Å². The van der Waals surface area contributed by atoms with E-state index in [9.17, 15) is 4.79 Å². The number of H-pyrrole nitrogens is 1. The largest absolute Gasteiger partial charge is 0.326 e. The first-order valence-corrected chi connectivity index (χ1v) is 9.03. The summed E-state index contributed by atoms with van der Waals surface area (Å²) in [5, 5.41) is 0. The maximum absolute atomic E-state index is 11.9. The monoisotopic (exact) mass is 352 g/mol. The van der Waals surface area contributed by atoms with Crippen molar-refractivity contribution in [2.24, 2.45) is 0 Å². The van der Waals surface area contributed by atoms with Gasteiger partial charge in [0.1, 0.15) is 0 Å². The molecule has 0 unspecified atom stereocenters. The standard InChI is InChI=1S/C18H24N2OS.ClH/c1-3-14-11-16(13(2)19-18(14)21)17-8-7-15(22-17)12-20-9-5-4-6-10-20;/h7-8,11H,3-6,9-10,12H2,1-2H3,(H,19,21);1H. The minimum Gasteiger partial charge on any atom is -0.326 e. The molecule has 0 amide bonds. The number of halogens is 1. The minimum atomic E-state index is 0. The van der Waals surface area contributed by atoms with E-state index in [2.05, 4.69) is 28.1 Å². The topological polar surface area (TPSA) is 36.1 Å². The van der Waals surface area contributed by atoms with Gasteiger partial charge in [-0.15, -0.1) is 23.7 Å². The normalized spacial score (nSPS) is 15.4. The number of nitrogens with one attached hydrogen (secondary N) is 1. The highest BCUT2D eigenvalue weighted by Crippen LogP contribution is 2.31.